The summed E-state index contributed by atoms with van der Waals surface area (Å²) in [5, 5.41) is 0. The van der Waals surface area contributed by atoms with Gasteiger partial charge >= 0.3 is 11.9 Å². The molecule has 2 aliphatic rings. The molecule has 0 amide bonds. The van der Waals surface area contributed by atoms with Crippen molar-refractivity contribution in [1.29, 1.82) is 0 Å². The summed E-state index contributed by atoms with van der Waals surface area (Å²) in [6.45, 7) is 4.29. The van der Waals surface area contributed by atoms with E-state index in [4.69, 9.17) is 9.47 Å². The Morgan fingerprint density at radius 1 is 0.562 bits per heavy atom. The van der Waals surface area contributed by atoms with Crippen molar-refractivity contribution < 1.29 is 19.1 Å². The lowest BCUT2D eigenvalue weighted by molar-refractivity contribution is 0.0517. The van der Waals surface area contributed by atoms with Crippen LogP contribution in [0.4, 0.5) is 0 Å². The molecule has 2 aromatic carbocycles. The van der Waals surface area contributed by atoms with Gasteiger partial charge < -0.3 is 9.47 Å². The standard InChI is InChI=1S/C28H24O4/c1-3-31-27(29)21-14-10-19(11-15-21)25-18-26(24-9-7-5-6-8-23(24)25)20-12-16-22(17-13-20)28(30)32-4-2/h5-18H,3-4H2,1-2H3. The highest BCUT2D eigenvalue weighted by atomic mass is 16.5. The molecule has 0 fully saturated rings. The van der Waals surface area contributed by atoms with Crippen molar-refractivity contribution in [2.24, 2.45) is 0 Å². The van der Waals surface area contributed by atoms with Crippen LogP contribution in [0.25, 0.3) is 33.4 Å². The van der Waals surface area contributed by atoms with E-state index in [1.54, 1.807) is 38.1 Å². The molecule has 4 heteroatoms. The lowest BCUT2D eigenvalue weighted by Gasteiger charge is -2.05. The van der Waals surface area contributed by atoms with Crippen molar-refractivity contribution >= 4 is 11.9 Å². The van der Waals surface area contributed by atoms with Gasteiger partial charge in [-0.15, -0.1) is 0 Å². The zero-order valence-corrected chi connectivity index (χ0v) is 18.1. The Morgan fingerprint density at radius 3 is 1.34 bits per heavy atom. The molecule has 0 bridgehead atoms. The molecule has 0 aliphatic heterocycles. The van der Waals surface area contributed by atoms with Crippen LogP contribution in [0.1, 0.15) is 34.6 Å². The van der Waals surface area contributed by atoms with Gasteiger partial charge in [-0.2, -0.15) is 0 Å². The summed E-state index contributed by atoms with van der Waals surface area (Å²) in [5.74, 6) is -0.639. The molecule has 0 saturated heterocycles. The average molecular weight is 424 g/mol. The van der Waals surface area contributed by atoms with Gasteiger partial charge in [0.15, 0.2) is 0 Å². The van der Waals surface area contributed by atoms with Crippen LogP contribution < -0.4 is 0 Å². The van der Waals surface area contributed by atoms with E-state index in [1.807, 2.05) is 42.5 Å². The summed E-state index contributed by atoms with van der Waals surface area (Å²) in [6, 6.07) is 27.4. The monoisotopic (exact) mass is 424 g/mol. The van der Waals surface area contributed by atoms with Crippen molar-refractivity contribution in [3.63, 3.8) is 0 Å². The van der Waals surface area contributed by atoms with Gasteiger partial charge in [-0.05, 0) is 77.6 Å². The zero-order chi connectivity index (χ0) is 22.5. The van der Waals surface area contributed by atoms with Crippen LogP contribution in [0.5, 0.6) is 0 Å². The first kappa shape index (κ1) is 21.3. The topological polar surface area (TPSA) is 52.6 Å². The molecule has 0 saturated carbocycles. The van der Waals surface area contributed by atoms with Crippen molar-refractivity contribution in [3.05, 3.63) is 96.1 Å². The highest BCUT2D eigenvalue weighted by Crippen LogP contribution is 2.43. The van der Waals surface area contributed by atoms with E-state index in [0.29, 0.717) is 24.3 Å². The fraction of sp³-hybridized carbons (Fsp3) is 0.143. The van der Waals surface area contributed by atoms with Gasteiger partial charge in [0.05, 0.1) is 24.3 Å². The molecule has 0 unspecified atom stereocenters. The third-order valence-corrected chi connectivity index (χ3v) is 5.32. The number of benzene rings is 2. The van der Waals surface area contributed by atoms with Gasteiger partial charge in [0.25, 0.3) is 0 Å². The van der Waals surface area contributed by atoms with Gasteiger partial charge in [0.1, 0.15) is 0 Å². The Kier molecular flexibility index (Phi) is 6.31. The highest BCUT2D eigenvalue weighted by molar-refractivity contribution is 5.99. The van der Waals surface area contributed by atoms with Crippen LogP contribution in [0.3, 0.4) is 0 Å². The van der Waals surface area contributed by atoms with Gasteiger partial charge in [-0.3, -0.25) is 0 Å². The number of hydrogen-bond acceptors (Lipinski definition) is 4. The molecule has 160 valence electrons. The van der Waals surface area contributed by atoms with Crippen molar-refractivity contribution in [2.75, 3.05) is 13.2 Å². The number of rotatable bonds is 6. The number of carbonyl (C=O) groups is 2. The molecule has 32 heavy (non-hydrogen) atoms. The normalized spacial score (nSPS) is 10.7. The summed E-state index contributed by atoms with van der Waals surface area (Å²) in [4.78, 5) is 24.0. The van der Waals surface area contributed by atoms with Crippen molar-refractivity contribution in [1.82, 2.24) is 0 Å². The molecule has 0 radical (unpaired) electrons. The maximum Gasteiger partial charge on any atom is 0.338 e. The maximum atomic E-state index is 12.0. The van der Waals surface area contributed by atoms with Gasteiger partial charge in [0.2, 0.25) is 0 Å². The molecule has 2 aliphatic carbocycles. The number of ether oxygens (including phenoxy) is 2. The Hall–Kier alpha value is -3.92. The first-order valence-electron chi connectivity index (χ1n) is 10.7. The Balaban J connectivity index is 1.75. The fourth-order valence-electron chi connectivity index (χ4n) is 3.80. The van der Waals surface area contributed by atoms with Gasteiger partial charge in [-0.25, -0.2) is 9.59 Å². The average Bonchev–Trinajstić information content (AvgIpc) is 3.00. The molecule has 0 aromatic heterocycles. The second-order valence-electron chi connectivity index (χ2n) is 7.31. The van der Waals surface area contributed by atoms with E-state index < -0.39 is 0 Å². The summed E-state index contributed by atoms with van der Waals surface area (Å²) in [5.41, 5.74) is 7.49. The minimum atomic E-state index is -0.319. The van der Waals surface area contributed by atoms with Gasteiger partial charge in [0, 0.05) is 0 Å². The zero-order valence-electron chi connectivity index (χ0n) is 18.1. The van der Waals surface area contributed by atoms with Crippen LogP contribution in [0, 0.1) is 0 Å². The van der Waals surface area contributed by atoms with Crippen LogP contribution >= 0.6 is 0 Å². The van der Waals surface area contributed by atoms with Crippen LogP contribution in [0.2, 0.25) is 0 Å². The van der Waals surface area contributed by atoms with Crippen LogP contribution in [-0.2, 0) is 9.47 Å². The Morgan fingerprint density at radius 2 is 0.969 bits per heavy atom. The third kappa shape index (κ3) is 4.26. The summed E-state index contributed by atoms with van der Waals surface area (Å²) >= 11 is 0. The second kappa shape index (κ2) is 9.48. The molecule has 0 atom stereocenters. The smallest absolute Gasteiger partial charge is 0.338 e. The highest BCUT2D eigenvalue weighted by Gasteiger charge is 2.18. The van der Waals surface area contributed by atoms with E-state index in [1.165, 1.54) is 0 Å². The molecular weight excluding hydrogens is 400 g/mol. The molecule has 0 spiro atoms. The van der Waals surface area contributed by atoms with E-state index in [-0.39, 0.29) is 11.9 Å². The molecule has 0 N–H and O–H groups in total. The van der Waals surface area contributed by atoms with Crippen molar-refractivity contribution in [3.8, 4) is 33.4 Å². The predicted octanol–water partition coefficient (Wildman–Crippen LogP) is 6.48. The van der Waals surface area contributed by atoms with Crippen LogP contribution in [-0.4, -0.2) is 25.2 Å². The molecule has 4 nitrogen and oxygen atoms in total. The lowest BCUT2D eigenvalue weighted by atomic mass is 10.00. The number of fused-ring (bicyclic) bond motifs is 1. The number of carbonyl (C=O) groups excluding carboxylic acids is 2. The quantitative estimate of drug-likeness (QED) is 0.333. The second-order valence-corrected chi connectivity index (χ2v) is 7.31. The first-order valence-corrected chi connectivity index (χ1v) is 10.7. The molecular formula is C28H24O4. The predicted molar refractivity (Wildman–Crippen MR) is 126 cm³/mol. The first-order chi connectivity index (χ1) is 15.6. The third-order valence-electron chi connectivity index (χ3n) is 5.32. The summed E-state index contributed by atoms with van der Waals surface area (Å²) in [7, 11) is 0. The minimum absolute atomic E-state index is 0.319. The van der Waals surface area contributed by atoms with Crippen molar-refractivity contribution in [2.45, 2.75) is 13.8 Å². The van der Waals surface area contributed by atoms with Gasteiger partial charge in [-0.1, -0.05) is 54.6 Å². The molecule has 4 rings (SSSR count). The lowest BCUT2D eigenvalue weighted by Crippen LogP contribution is -2.03. The fourth-order valence-corrected chi connectivity index (χ4v) is 3.80. The number of esters is 2. The van der Waals surface area contributed by atoms with E-state index in [9.17, 15) is 9.59 Å². The summed E-state index contributed by atoms with van der Waals surface area (Å²) in [6.07, 6.45) is 0. The molecule has 0 heterocycles. The minimum Gasteiger partial charge on any atom is -0.462 e. The summed E-state index contributed by atoms with van der Waals surface area (Å²) < 4.78 is 10.2. The van der Waals surface area contributed by atoms with E-state index in [2.05, 4.69) is 18.2 Å². The van der Waals surface area contributed by atoms with Crippen LogP contribution in [0.15, 0.2) is 84.9 Å². The van der Waals surface area contributed by atoms with E-state index in [0.717, 1.165) is 33.4 Å². The Labute approximate surface area is 187 Å². The SMILES string of the molecule is CCOC(=O)c1ccc(-c2cc(-c3ccc(C(=O)OCC)cc3)c3cccccc2-3)cc1. The maximum absolute atomic E-state index is 12.0. The molecule has 2 aromatic rings. The largest absolute Gasteiger partial charge is 0.462 e. The van der Waals surface area contributed by atoms with E-state index >= 15 is 0 Å². The number of hydrogen-bond donors (Lipinski definition) is 0. The Bertz CT molecular complexity index is 1110.